The van der Waals surface area contributed by atoms with Crippen molar-refractivity contribution in [3.05, 3.63) is 22.6 Å². The average molecular weight is 301 g/mol. The normalized spacial score (nSPS) is 24.6. The molecule has 1 fully saturated rings. The molecule has 1 aliphatic rings. The van der Waals surface area contributed by atoms with Gasteiger partial charge in [0.2, 0.25) is 0 Å². The van der Waals surface area contributed by atoms with E-state index in [2.05, 4.69) is 21.2 Å². The minimum absolute atomic E-state index is 0.152. The van der Waals surface area contributed by atoms with Gasteiger partial charge in [0, 0.05) is 6.04 Å². The first kappa shape index (κ1) is 12.6. The number of carbonyl (C=O) groups is 1. The van der Waals surface area contributed by atoms with E-state index in [1.165, 1.54) is 6.42 Å². The topological polar surface area (TPSA) is 68.3 Å². The largest absolute Gasteiger partial charge is 0.444 e. The summed E-state index contributed by atoms with van der Waals surface area (Å²) in [6.45, 7) is 0.632. The van der Waals surface area contributed by atoms with Crippen LogP contribution >= 0.6 is 15.9 Å². The first-order valence-corrected chi connectivity index (χ1v) is 6.76. The predicted octanol–water partition coefficient (Wildman–Crippen LogP) is 2.29. The minimum Gasteiger partial charge on any atom is -0.444 e. The van der Waals surface area contributed by atoms with Crippen molar-refractivity contribution in [1.29, 1.82) is 0 Å². The Balaban J connectivity index is 1.97. The maximum atomic E-state index is 11.9. The van der Waals surface area contributed by atoms with Gasteiger partial charge in [0.25, 0.3) is 5.91 Å². The molecule has 4 nitrogen and oxygen atoms in total. The summed E-state index contributed by atoms with van der Waals surface area (Å²) >= 11 is 3.18. The summed E-state index contributed by atoms with van der Waals surface area (Å²) in [5, 5.41) is 3.02. The van der Waals surface area contributed by atoms with Gasteiger partial charge in [-0.1, -0.05) is 12.8 Å². The molecule has 17 heavy (non-hydrogen) atoms. The van der Waals surface area contributed by atoms with Gasteiger partial charge in [0.1, 0.15) is 0 Å². The van der Waals surface area contributed by atoms with Gasteiger partial charge in [-0.15, -0.1) is 0 Å². The fourth-order valence-corrected chi connectivity index (χ4v) is 2.66. The van der Waals surface area contributed by atoms with Crippen LogP contribution in [0.5, 0.6) is 0 Å². The zero-order valence-corrected chi connectivity index (χ0v) is 11.2. The zero-order chi connectivity index (χ0) is 12.3. The van der Waals surface area contributed by atoms with Crippen LogP contribution in [-0.4, -0.2) is 18.5 Å². The van der Waals surface area contributed by atoms with Crippen LogP contribution < -0.4 is 11.1 Å². The second-order valence-corrected chi connectivity index (χ2v) is 5.25. The molecule has 1 saturated carbocycles. The van der Waals surface area contributed by atoms with E-state index in [0.29, 0.717) is 22.9 Å². The molecule has 2 atom stereocenters. The molecule has 1 heterocycles. The van der Waals surface area contributed by atoms with Gasteiger partial charge in [-0.3, -0.25) is 4.79 Å². The van der Waals surface area contributed by atoms with E-state index in [9.17, 15) is 4.79 Å². The third-order valence-electron chi connectivity index (χ3n) is 3.33. The predicted molar refractivity (Wildman–Crippen MR) is 68.7 cm³/mol. The van der Waals surface area contributed by atoms with E-state index >= 15 is 0 Å². The summed E-state index contributed by atoms with van der Waals surface area (Å²) < 4.78 is 5.80. The second-order valence-electron chi connectivity index (χ2n) is 4.46. The number of rotatable bonds is 3. The molecular weight excluding hydrogens is 284 g/mol. The molecule has 0 aromatic carbocycles. The van der Waals surface area contributed by atoms with E-state index in [1.807, 2.05) is 0 Å². The zero-order valence-electron chi connectivity index (χ0n) is 9.62. The molecule has 1 aromatic rings. The second kappa shape index (κ2) is 5.69. The number of nitrogens with one attached hydrogen (secondary N) is 1. The van der Waals surface area contributed by atoms with Gasteiger partial charge >= 0.3 is 0 Å². The molecular formula is C12H17BrN2O2. The fraction of sp³-hybridized carbons (Fsp3) is 0.583. The molecule has 3 N–H and O–H groups in total. The Labute approximate surface area is 109 Å². The van der Waals surface area contributed by atoms with Crippen molar-refractivity contribution in [2.75, 3.05) is 6.54 Å². The van der Waals surface area contributed by atoms with Crippen LogP contribution in [0.3, 0.4) is 0 Å². The molecule has 1 amide bonds. The Morgan fingerprint density at radius 2 is 2.24 bits per heavy atom. The van der Waals surface area contributed by atoms with Crippen LogP contribution in [0.15, 0.2) is 21.2 Å². The lowest BCUT2D eigenvalue weighted by Gasteiger charge is -2.30. The molecule has 2 rings (SSSR count). The highest BCUT2D eigenvalue weighted by Crippen LogP contribution is 2.24. The molecule has 2 unspecified atom stereocenters. The molecule has 0 aliphatic heterocycles. The smallest absolute Gasteiger partial charge is 0.287 e. The number of amides is 1. The first-order valence-electron chi connectivity index (χ1n) is 5.97. The molecule has 0 spiro atoms. The van der Waals surface area contributed by atoms with Crippen molar-refractivity contribution >= 4 is 21.8 Å². The van der Waals surface area contributed by atoms with E-state index in [-0.39, 0.29) is 11.9 Å². The minimum atomic E-state index is -0.152. The lowest BCUT2D eigenvalue weighted by atomic mass is 9.84. The Bertz CT molecular complexity index is 392. The molecule has 0 bridgehead atoms. The lowest BCUT2D eigenvalue weighted by Crippen LogP contribution is -2.44. The Hall–Kier alpha value is -0.810. The quantitative estimate of drug-likeness (QED) is 0.900. The van der Waals surface area contributed by atoms with Crippen molar-refractivity contribution in [2.45, 2.75) is 31.7 Å². The molecule has 1 aromatic heterocycles. The number of hydrogen-bond donors (Lipinski definition) is 2. The lowest BCUT2D eigenvalue weighted by molar-refractivity contribution is 0.0878. The maximum Gasteiger partial charge on any atom is 0.287 e. The fourth-order valence-electron chi connectivity index (χ4n) is 2.36. The molecule has 94 valence electrons. The van der Waals surface area contributed by atoms with Gasteiger partial charge in [0.05, 0.1) is 0 Å². The molecule has 5 heteroatoms. The van der Waals surface area contributed by atoms with Crippen LogP contribution in [-0.2, 0) is 0 Å². The SMILES string of the molecule is NCC1CCCCC1NC(=O)c1ccc(Br)o1. The van der Waals surface area contributed by atoms with Crippen LogP contribution in [0.1, 0.15) is 36.2 Å². The van der Waals surface area contributed by atoms with Crippen molar-refractivity contribution in [3.63, 3.8) is 0 Å². The van der Waals surface area contributed by atoms with E-state index in [1.54, 1.807) is 12.1 Å². The van der Waals surface area contributed by atoms with Crippen LogP contribution in [0, 0.1) is 5.92 Å². The summed E-state index contributed by atoms with van der Waals surface area (Å²) in [4.78, 5) is 11.9. The van der Waals surface area contributed by atoms with E-state index < -0.39 is 0 Å². The number of hydrogen-bond acceptors (Lipinski definition) is 3. The summed E-state index contributed by atoms with van der Waals surface area (Å²) in [5.41, 5.74) is 5.73. The van der Waals surface area contributed by atoms with Crippen molar-refractivity contribution < 1.29 is 9.21 Å². The van der Waals surface area contributed by atoms with Crippen molar-refractivity contribution in [1.82, 2.24) is 5.32 Å². The van der Waals surface area contributed by atoms with Crippen LogP contribution in [0.25, 0.3) is 0 Å². The van der Waals surface area contributed by atoms with Crippen LogP contribution in [0.4, 0.5) is 0 Å². The summed E-state index contributed by atoms with van der Waals surface area (Å²) in [5.74, 6) is 0.588. The molecule has 0 radical (unpaired) electrons. The Morgan fingerprint density at radius 1 is 1.47 bits per heavy atom. The highest BCUT2D eigenvalue weighted by Gasteiger charge is 2.26. The van der Waals surface area contributed by atoms with Crippen molar-refractivity contribution in [3.8, 4) is 0 Å². The number of furan rings is 1. The first-order chi connectivity index (χ1) is 8.20. The summed E-state index contributed by atoms with van der Waals surface area (Å²) in [7, 11) is 0. The van der Waals surface area contributed by atoms with Crippen molar-refractivity contribution in [2.24, 2.45) is 11.7 Å². The van der Waals surface area contributed by atoms with E-state index in [4.69, 9.17) is 10.2 Å². The third kappa shape index (κ3) is 3.10. The molecule has 1 aliphatic carbocycles. The Morgan fingerprint density at radius 3 is 2.88 bits per heavy atom. The number of carbonyl (C=O) groups excluding carboxylic acids is 1. The van der Waals surface area contributed by atoms with Gasteiger partial charge in [-0.05, 0) is 53.4 Å². The Kier molecular flexibility index (Phi) is 4.23. The average Bonchev–Trinajstić information content (AvgIpc) is 2.77. The third-order valence-corrected chi connectivity index (χ3v) is 3.75. The summed E-state index contributed by atoms with van der Waals surface area (Å²) in [6, 6.07) is 3.57. The maximum absolute atomic E-state index is 11.9. The van der Waals surface area contributed by atoms with Gasteiger partial charge in [-0.25, -0.2) is 0 Å². The van der Waals surface area contributed by atoms with Gasteiger partial charge in [0.15, 0.2) is 10.4 Å². The van der Waals surface area contributed by atoms with Gasteiger partial charge < -0.3 is 15.5 Å². The summed E-state index contributed by atoms with van der Waals surface area (Å²) in [6.07, 6.45) is 4.47. The highest BCUT2D eigenvalue weighted by atomic mass is 79.9. The number of halogens is 1. The number of nitrogens with two attached hydrogens (primary N) is 1. The van der Waals surface area contributed by atoms with E-state index in [0.717, 1.165) is 19.3 Å². The highest BCUT2D eigenvalue weighted by molar-refractivity contribution is 9.10. The monoisotopic (exact) mass is 300 g/mol. The van der Waals surface area contributed by atoms with Gasteiger partial charge in [-0.2, -0.15) is 0 Å². The molecule has 0 saturated heterocycles. The standard InChI is InChI=1S/C12H17BrN2O2/c13-11-6-5-10(17-11)12(16)15-9-4-2-1-3-8(9)7-14/h5-6,8-9H,1-4,7,14H2,(H,15,16). The van der Waals surface area contributed by atoms with Crippen LogP contribution in [0.2, 0.25) is 0 Å².